The predicted molar refractivity (Wildman–Crippen MR) is 84.6 cm³/mol. The Balaban J connectivity index is 3.27. The molecule has 20 heavy (non-hydrogen) atoms. The summed E-state index contributed by atoms with van der Waals surface area (Å²) in [6.07, 6.45) is 1.06. The van der Waals surface area contributed by atoms with E-state index in [0.717, 1.165) is 30.2 Å². The highest BCUT2D eigenvalue weighted by Gasteiger charge is 2.24. The van der Waals surface area contributed by atoms with Crippen LogP contribution in [0.15, 0.2) is 0 Å². The minimum absolute atomic E-state index is 0.105. The monoisotopic (exact) mass is 279 g/mol. The molecule has 4 heteroatoms. The first kappa shape index (κ1) is 16.7. The Labute approximate surface area is 123 Å². The van der Waals surface area contributed by atoms with Crippen LogP contribution in [0.1, 0.15) is 66.3 Å². The quantitative estimate of drug-likeness (QED) is 0.902. The van der Waals surface area contributed by atoms with Crippen molar-refractivity contribution >= 4 is 5.82 Å². The molecule has 0 atom stereocenters. The van der Waals surface area contributed by atoms with Gasteiger partial charge >= 0.3 is 0 Å². The molecule has 1 aromatic rings. The van der Waals surface area contributed by atoms with Crippen molar-refractivity contribution in [1.29, 1.82) is 0 Å². The summed E-state index contributed by atoms with van der Waals surface area (Å²) in [6, 6.07) is 0. The average Bonchev–Trinajstić information content (AvgIpc) is 2.27. The van der Waals surface area contributed by atoms with Gasteiger partial charge in [-0.15, -0.1) is 0 Å². The smallest absolute Gasteiger partial charge is 0.222 e. The van der Waals surface area contributed by atoms with E-state index < -0.39 is 0 Å². The van der Waals surface area contributed by atoms with Crippen molar-refractivity contribution in [2.75, 3.05) is 11.9 Å². The molecule has 0 fully saturated rings. The summed E-state index contributed by atoms with van der Waals surface area (Å²) < 4.78 is 6.00. The van der Waals surface area contributed by atoms with Crippen LogP contribution in [0.25, 0.3) is 0 Å². The minimum Gasteiger partial charge on any atom is -0.472 e. The molecule has 0 unspecified atom stereocenters. The Hall–Kier alpha value is -1.32. The van der Waals surface area contributed by atoms with Crippen LogP contribution in [0.3, 0.4) is 0 Å². The first-order valence-corrected chi connectivity index (χ1v) is 7.36. The summed E-state index contributed by atoms with van der Waals surface area (Å²) in [5, 5.41) is 3.37. The molecule has 0 spiro atoms. The maximum absolute atomic E-state index is 6.00. The third-order valence-corrected chi connectivity index (χ3v) is 2.72. The lowest BCUT2D eigenvalue weighted by Gasteiger charge is -2.25. The van der Waals surface area contributed by atoms with E-state index in [1.807, 2.05) is 27.7 Å². The summed E-state index contributed by atoms with van der Waals surface area (Å²) in [5.74, 6) is 2.36. The van der Waals surface area contributed by atoms with Gasteiger partial charge in [0.25, 0.3) is 0 Å². The Morgan fingerprint density at radius 3 is 2.10 bits per heavy atom. The molecule has 0 saturated carbocycles. The zero-order valence-electron chi connectivity index (χ0n) is 14.2. The highest BCUT2D eigenvalue weighted by Crippen LogP contribution is 2.29. The molecule has 1 N–H and O–H groups in total. The molecule has 1 rings (SSSR count). The van der Waals surface area contributed by atoms with Gasteiger partial charge in [0.2, 0.25) is 5.88 Å². The topological polar surface area (TPSA) is 47.0 Å². The van der Waals surface area contributed by atoms with Gasteiger partial charge in [0.1, 0.15) is 17.2 Å². The van der Waals surface area contributed by atoms with E-state index in [1.165, 1.54) is 0 Å². The Kier molecular flexibility index (Phi) is 5.00. The van der Waals surface area contributed by atoms with Crippen LogP contribution in [0.4, 0.5) is 5.82 Å². The van der Waals surface area contributed by atoms with Gasteiger partial charge < -0.3 is 10.1 Å². The van der Waals surface area contributed by atoms with Crippen molar-refractivity contribution < 1.29 is 4.74 Å². The Bertz CT molecular complexity index is 456. The van der Waals surface area contributed by atoms with Crippen LogP contribution in [-0.4, -0.2) is 22.1 Å². The minimum atomic E-state index is -0.268. The fraction of sp³-hybridized carbons (Fsp3) is 0.750. The van der Waals surface area contributed by atoms with E-state index in [9.17, 15) is 0 Å². The zero-order valence-corrected chi connectivity index (χ0v) is 14.2. The number of aromatic nitrogens is 2. The molecule has 0 radical (unpaired) electrons. The van der Waals surface area contributed by atoms with E-state index in [4.69, 9.17) is 4.74 Å². The molecule has 0 aliphatic heterocycles. The number of hydrogen-bond donors (Lipinski definition) is 1. The molecular formula is C16H29N3O. The lowest BCUT2D eigenvalue weighted by atomic mass is 9.95. The molecule has 0 aliphatic carbocycles. The van der Waals surface area contributed by atoms with E-state index in [1.54, 1.807) is 0 Å². The third kappa shape index (κ3) is 4.66. The molecule has 1 aromatic heterocycles. The van der Waals surface area contributed by atoms with Crippen molar-refractivity contribution in [3.63, 3.8) is 0 Å². The largest absolute Gasteiger partial charge is 0.472 e. The lowest BCUT2D eigenvalue weighted by molar-refractivity contribution is 0.122. The fourth-order valence-corrected chi connectivity index (χ4v) is 1.64. The van der Waals surface area contributed by atoms with Crippen LogP contribution in [0, 0.1) is 6.92 Å². The molecule has 0 aliphatic rings. The standard InChI is InChI=1S/C16H29N3O/c1-9-10-17-12-11(2)13(20-16(6,7)8)19-14(18-12)15(3,4)5/h9-10H2,1-8H3,(H,17,18,19). The summed E-state index contributed by atoms with van der Waals surface area (Å²) in [4.78, 5) is 9.29. The van der Waals surface area contributed by atoms with Gasteiger partial charge in [0, 0.05) is 12.0 Å². The second-order valence-electron chi connectivity index (χ2n) is 7.22. The van der Waals surface area contributed by atoms with Gasteiger partial charge in [-0.25, -0.2) is 4.98 Å². The highest BCUT2D eigenvalue weighted by atomic mass is 16.5. The number of nitrogens with one attached hydrogen (secondary N) is 1. The van der Waals surface area contributed by atoms with Crippen LogP contribution in [0.5, 0.6) is 5.88 Å². The van der Waals surface area contributed by atoms with Gasteiger partial charge in [-0.05, 0) is 34.1 Å². The molecule has 0 saturated heterocycles. The molecule has 0 bridgehead atoms. The first-order valence-electron chi connectivity index (χ1n) is 7.36. The van der Waals surface area contributed by atoms with E-state index in [2.05, 4.69) is 43.0 Å². The molecule has 0 amide bonds. The maximum Gasteiger partial charge on any atom is 0.222 e. The second-order valence-corrected chi connectivity index (χ2v) is 7.22. The molecule has 114 valence electrons. The van der Waals surface area contributed by atoms with Gasteiger partial charge in [0.15, 0.2) is 0 Å². The molecule has 4 nitrogen and oxygen atoms in total. The van der Waals surface area contributed by atoms with Gasteiger partial charge in [-0.1, -0.05) is 27.7 Å². The van der Waals surface area contributed by atoms with E-state index >= 15 is 0 Å². The van der Waals surface area contributed by atoms with Crippen molar-refractivity contribution in [2.45, 2.75) is 72.8 Å². The SMILES string of the molecule is CCCNc1nc(C(C)(C)C)nc(OC(C)(C)C)c1C. The van der Waals surface area contributed by atoms with Crippen molar-refractivity contribution in [1.82, 2.24) is 9.97 Å². The van der Waals surface area contributed by atoms with E-state index in [0.29, 0.717) is 5.88 Å². The lowest BCUT2D eigenvalue weighted by Crippen LogP contribution is -2.26. The predicted octanol–water partition coefficient (Wildman–Crippen LogP) is 4.08. The number of rotatable bonds is 4. The van der Waals surface area contributed by atoms with Gasteiger partial charge in [-0.2, -0.15) is 4.98 Å². The summed E-state index contributed by atoms with van der Waals surface area (Å²) in [5.41, 5.74) is 0.601. The molecule has 1 heterocycles. The summed E-state index contributed by atoms with van der Waals surface area (Å²) in [7, 11) is 0. The van der Waals surface area contributed by atoms with Gasteiger partial charge in [0.05, 0.1) is 5.56 Å². The fourth-order valence-electron chi connectivity index (χ4n) is 1.64. The number of nitrogens with zero attached hydrogens (tertiary/aromatic N) is 2. The van der Waals surface area contributed by atoms with Crippen LogP contribution < -0.4 is 10.1 Å². The normalized spacial score (nSPS) is 12.4. The summed E-state index contributed by atoms with van der Waals surface area (Å²) in [6.45, 7) is 17.5. The Morgan fingerprint density at radius 1 is 1.05 bits per heavy atom. The van der Waals surface area contributed by atoms with E-state index in [-0.39, 0.29) is 11.0 Å². The number of hydrogen-bond acceptors (Lipinski definition) is 4. The molecule has 0 aromatic carbocycles. The highest BCUT2D eigenvalue weighted by molar-refractivity contribution is 5.49. The van der Waals surface area contributed by atoms with Gasteiger partial charge in [-0.3, -0.25) is 0 Å². The average molecular weight is 279 g/mol. The Morgan fingerprint density at radius 2 is 1.65 bits per heavy atom. The first-order chi connectivity index (χ1) is 9.04. The second kappa shape index (κ2) is 5.98. The van der Waals surface area contributed by atoms with Crippen LogP contribution >= 0.6 is 0 Å². The third-order valence-electron chi connectivity index (χ3n) is 2.72. The van der Waals surface area contributed by atoms with Crippen LogP contribution in [-0.2, 0) is 5.41 Å². The maximum atomic E-state index is 6.00. The van der Waals surface area contributed by atoms with Crippen molar-refractivity contribution in [3.05, 3.63) is 11.4 Å². The van der Waals surface area contributed by atoms with Crippen molar-refractivity contribution in [3.8, 4) is 5.88 Å². The van der Waals surface area contributed by atoms with Crippen molar-refractivity contribution in [2.24, 2.45) is 0 Å². The number of anilines is 1. The summed E-state index contributed by atoms with van der Waals surface area (Å²) >= 11 is 0. The van der Waals surface area contributed by atoms with Crippen LogP contribution in [0.2, 0.25) is 0 Å². The molecular weight excluding hydrogens is 250 g/mol. The number of ether oxygens (including phenoxy) is 1. The zero-order chi connectivity index (χ0) is 15.6.